The fraction of sp³-hybridized carbons (Fsp3) is 0.400. The maximum absolute atomic E-state index is 13.1. The summed E-state index contributed by atoms with van der Waals surface area (Å²) in [5, 5.41) is -0.0737. The first-order chi connectivity index (χ1) is 8.24. The number of rotatable bonds is 5. The molecule has 1 rings (SSSR count). The van der Waals surface area contributed by atoms with Crippen LogP contribution in [0.4, 0.5) is 4.39 Å². The third-order valence-electron chi connectivity index (χ3n) is 2.15. The summed E-state index contributed by atoms with van der Waals surface area (Å²) >= 11 is 17.1. The van der Waals surface area contributed by atoms with E-state index in [0.29, 0.717) is 0 Å². The van der Waals surface area contributed by atoms with E-state index in [-0.39, 0.29) is 21.7 Å². The Labute approximate surface area is 120 Å². The van der Waals surface area contributed by atoms with E-state index in [1.165, 1.54) is 13.0 Å². The minimum atomic E-state index is -3.99. The lowest BCUT2D eigenvalue weighted by atomic mass is 10.1. The van der Waals surface area contributed by atoms with Crippen molar-refractivity contribution in [3.63, 3.8) is 0 Å². The second-order valence-corrected chi connectivity index (χ2v) is 6.60. The topological polar surface area (TPSA) is 46.2 Å². The van der Waals surface area contributed by atoms with Crippen molar-refractivity contribution in [2.24, 2.45) is 0 Å². The highest BCUT2D eigenvalue weighted by Crippen LogP contribution is 2.24. The number of halogens is 4. The van der Waals surface area contributed by atoms with Gasteiger partial charge >= 0.3 is 0 Å². The zero-order chi connectivity index (χ0) is 14.0. The third kappa shape index (κ3) is 3.71. The Morgan fingerprint density at radius 3 is 2.39 bits per heavy atom. The zero-order valence-corrected chi connectivity index (χ0v) is 12.5. The van der Waals surface area contributed by atoms with Crippen LogP contribution in [0, 0.1) is 5.82 Å². The van der Waals surface area contributed by atoms with E-state index >= 15 is 0 Å². The van der Waals surface area contributed by atoms with E-state index in [0.717, 1.165) is 12.1 Å². The zero-order valence-electron chi connectivity index (χ0n) is 9.38. The number of sulfonamides is 1. The Morgan fingerprint density at radius 1 is 1.33 bits per heavy atom. The summed E-state index contributed by atoms with van der Waals surface area (Å²) in [6.07, 6.45) is 0. The standard InChI is InChI=1S/C10H11Cl3FNO2S/c1-10(5-11,6-12)15-18(16,17)9-4-7(14)2-3-8(9)13/h2-4,15H,5-6H2,1H3. The Balaban J connectivity index is 3.18. The van der Waals surface area contributed by atoms with Gasteiger partial charge in [-0.3, -0.25) is 0 Å². The van der Waals surface area contributed by atoms with Gasteiger partial charge in [0.2, 0.25) is 10.0 Å². The highest BCUT2D eigenvalue weighted by Gasteiger charge is 2.30. The predicted molar refractivity (Wildman–Crippen MR) is 71.6 cm³/mol. The predicted octanol–water partition coefficient (Wildman–Crippen LogP) is 2.99. The molecule has 8 heteroatoms. The lowest BCUT2D eigenvalue weighted by molar-refractivity contribution is 0.499. The van der Waals surface area contributed by atoms with Gasteiger partial charge in [0.25, 0.3) is 0 Å². The van der Waals surface area contributed by atoms with Gasteiger partial charge in [0.1, 0.15) is 10.7 Å². The minimum absolute atomic E-state index is 0.0251. The van der Waals surface area contributed by atoms with E-state index < -0.39 is 21.4 Å². The van der Waals surface area contributed by atoms with Crippen LogP contribution >= 0.6 is 34.8 Å². The molecule has 0 heterocycles. The summed E-state index contributed by atoms with van der Waals surface area (Å²) in [6.45, 7) is 1.54. The number of nitrogens with one attached hydrogen (secondary N) is 1. The number of benzene rings is 1. The van der Waals surface area contributed by atoms with Gasteiger partial charge in [-0.15, -0.1) is 23.2 Å². The van der Waals surface area contributed by atoms with Crippen molar-refractivity contribution in [1.82, 2.24) is 4.72 Å². The maximum atomic E-state index is 13.1. The smallest absolute Gasteiger partial charge is 0.207 e. The lowest BCUT2D eigenvalue weighted by Crippen LogP contribution is -2.49. The van der Waals surface area contributed by atoms with Crippen molar-refractivity contribution >= 4 is 44.8 Å². The van der Waals surface area contributed by atoms with E-state index in [1.54, 1.807) is 0 Å². The SMILES string of the molecule is CC(CCl)(CCl)NS(=O)(=O)c1cc(F)ccc1Cl. The van der Waals surface area contributed by atoms with Crippen LogP contribution in [-0.2, 0) is 10.0 Å². The van der Waals surface area contributed by atoms with Gasteiger partial charge in [-0.25, -0.2) is 17.5 Å². The minimum Gasteiger partial charge on any atom is -0.207 e. The molecule has 18 heavy (non-hydrogen) atoms. The van der Waals surface area contributed by atoms with Gasteiger partial charge in [0.15, 0.2) is 0 Å². The Bertz CT molecular complexity index is 532. The normalized spacial score (nSPS) is 12.7. The van der Waals surface area contributed by atoms with E-state index in [1.807, 2.05) is 0 Å². The van der Waals surface area contributed by atoms with Crippen molar-refractivity contribution in [1.29, 1.82) is 0 Å². The molecule has 1 aromatic rings. The first-order valence-electron chi connectivity index (χ1n) is 4.85. The van der Waals surface area contributed by atoms with Crippen molar-refractivity contribution < 1.29 is 12.8 Å². The van der Waals surface area contributed by atoms with Gasteiger partial charge in [0, 0.05) is 11.8 Å². The van der Waals surface area contributed by atoms with Crippen molar-refractivity contribution in [2.45, 2.75) is 17.4 Å². The van der Waals surface area contributed by atoms with Gasteiger partial charge < -0.3 is 0 Å². The van der Waals surface area contributed by atoms with Crippen LogP contribution in [0.25, 0.3) is 0 Å². The van der Waals surface area contributed by atoms with Crippen LogP contribution < -0.4 is 4.72 Å². The molecular formula is C10H11Cl3FNO2S. The molecule has 0 saturated carbocycles. The van der Waals surface area contributed by atoms with E-state index in [4.69, 9.17) is 34.8 Å². The Morgan fingerprint density at radius 2 is 1.89 bits per heavy atom. The summed E-state index contributed by atoms with van der Waals surface area (Å²) in [5.74, 6) is -0.746. The Hall–Kier alpha value is -0.0700. The van der Waals surface area contributed by atoms with Crippen LogP contribution in [0.3, 0.4) is 0 Å². The van der Waals surface area contributed by atoms with Crippen LogP contribution in [0.5, 0.6) is 0 Å². The number of hydrogen-bond donors (Lipinski definition) is 1. The lowest BCUT2D eigenvalue weighted by Gasteiger charge is -2.25. The average molecular weight is 335 g/mol. The molecule has 0 bridgehead atoms. The second-order valence-electron chi connectivity index (χ2n) is 4.01. The number of alkyl halides is 2. The van der Waals surface area contributed by atoms with Crippen LogP contribution in [0.2, 0.25) is 5.02 Å². The van der Waals surface area contributed by atoms with Gasteiger partial charge in [-0.1, -0.05) is 11.6 Å². The molecule has 0 fully saturated rings. The van der Waals surface area contributed by atoms with Gasteiger partial charge in [0.05, 0.1) is 10.6 Å². The Kier molecular flexibility index (Phi) is 5.26. The summed E-state index contributed by atoms with van der Waals surface area (Å²) < 4.78 is 39.5. The average Bonchev–Trinajstić information content (AvgIpc) is 2.31. The van der Waals surface area contributed by atoms with Crippen molar-refractivity contribution in [2.75, 3.05) is 11.8 Å². The maximum Gasteiger partial charge on any atom is 0.242 e. The van der Waals surface area contributed by atoms with Crippen molar-refractivity contribution in [3.05, 3.63) is 29.0 Å². The highest BCUT2D eigenvalue weighted by atomic mass is 35.5. The first kappa shape index (κ1) is 16.0. The second kappa shape index (κ2) is 5.92. The molecule has 0 saturated heterocycles. The molecule has 1 N–H and O–H groups in total. The molecular weight excluding hydrogens is 324 g/mol. The van der Waals surface area contributed by atoms with Crippen LogP contribution in [0.15, 0.2) is 23.1 Å². The fourth-order valence-electron chi connectivity index (χ4n) is 1.15. The largest absolute Gasteiger partial charge is 0.242 e. The fourth-order valence-corrected chi connectivity index (χ4v) is 3.65. The molecule has 1 aromatic carbocycles. The molecule has 0 spiro atoms. The molecule has 3 nitrogen and oxygen atoms in total. The third-order valence-corrected chi connectivity index (χ3v) is 5.45. The van der Waals surface area contributed by atoms with Gasteiger partial charge in [-0.05, 0) is 25.1 Å². The van der Waals surface area contributed by atoms with Crippen molar-refractivity contribution in [3.8, 4) is 0 Å². The van der Waals surface area contributed by atoms with E-state index in [9.17, 15) is 12.8 Å². The highest BCUT2D eigenvalue weighted by molar-refractivity contribution is 7.89. The van der Waals surface area contributed by atoms with Gasteiger partial charge in [-0.2, -0.15) is 0 Å². The molecule has 0 aliphatic rings. The summed E-state index contributed by atoms with van der Waals surface area (Å²) in [5.41, 5.74) is -1.03. The molecule has 102 valence electrons. The quantitative estimate of drug-likeness (QED) is 0.841. The first-order valence-corrected chi connectivity index (χ1v) is 7.78. The number of hydrogen-bond acceptors (Lipinski definition) is 2. The molecule has 0 aliphatic heterocycles. The molecule has 0 atom stereocenters. The monoisotopic (exact) mass is 333 g/mol. The molecule has 0 unspecified atom stereocenters. The molecule has 0 aliphatic carbocycles. The summed E-state index contributed by atoms with van der Waals surface area (Å²) in [4.78, 5) is -0.342. The van der Waals surface area contributed by atoms with Crippen LogP contribution in [-0.4, -0.2) is 25.7 Å². The van der Waals surface area contributed by atoms with E-state index in [2.05, 4.69) is 4.72 Å². The molecule has 0 amide bonds. The summed E-state index contributed by atoms with van der Waals surface area (Å²) in [6, 6.07) is 3.08. The molecule has 0 aromatic heterocycles. The van der Waals surface area contributed by atoms with Crippen LogP contribution in [0.1, 0.15) is 6.92 Å². The molecule has 0 radical (unpaired) electrons. The summed E-state index contributed by atoms with van der Waals surface area (Å²) in [7, 11) is -3.99.